The molecule has 0 spiro atoms. The average molecular weight is 381 g/mol. The molecule has 0 amide bonds. The number of thioether (sulfide) groups is 1. The highest BCUT2D eigenvalue weighted by molar-refractivity contribution is 8.02. The van der Waals surface area contributed by atoms with E-state index < -0.39 is 0 Å². The Morgan fingerprint density at radius 2 is 1.59 bits per heavy atom. The fraction of sp³-hybridized carbons (Fsp3) is 0.417. The minimum atomic E-state index is 0.102. The Hall–Kier alpha value is -1.71. The second-order valence-electron chi connectivity index (χ2n) is 9.37. The minimum absolute atomic E-state index is 0.102. The van der Waals surface area contributed by atoms with Crippen molar-refractivity contribution in [3.8, 4) is 11.1 Å². The fourth-order valence-electron chi connectivity index (χ4n) is 3.40. The summed E-state index contributed by atoms with van der Waals surface area (Å²) in [5.74, 6) is 0.940. The van der Waals surface area contributed by atoms with E-state index in [1.165, 1.54) is 33.5 Å². The van der Waals surface area contributed by atoms with Gasteiger partial charge in [-0.05, 0) is 38.5 Å². The first kappa shape index (κ1) is 20.0. The molecule has 1 heterocycles. The molecule has 0 atom stereocenters. The molecule has 0 bridgehead atoms. The van der Waals surface area contributed by atoms with Gasteiger partial charge in [-0.2, -0.15) is 0 Å². The van der Waals surface area contributed by atoms with Crippen LogP contribution in [0.4, 0.5) is 5.69 Å². The first-order valence-corrected chi connectivity index (χ1v) is 10.7. The lowest BCUT2D eigenvalue weighted by Gasteiger charge is -2.28. The molecule has 1 aliphatic heterocycles. The average Bonchev–Trinajstić information content (AvgIpc) is 3.13. The Bertz CT molecular complexity index is 821. The molecule has 0 fully saturated rings. The molecule has 0 saturated carbocycles. The summed E-state index contributed by atoms with van der Waals surface area (Å²) in [7, 11) is 0. The smallest absolute Gasteiger partial charge is 0.0723 e. The van der Waals surface area contributed by atoms with E-state index in [4.69, 9.17) is 5.73 Å². The van der Waals surface area contributed by atoms with Crippen LogP contribution < -0.4 is 10.6 Å². The van der Waals surface area contributed by atoms with E-state index in [1.54, 1.807) is 0 Å². The van der Waals surface area contributed by atoms with Crippen molar-refractivity contribution in [1.29, 1.82) is 0 Å². The highest BCUT2D eigenvalue weighted by Crippen LogP contribution is 2.40. The predicted octanol–water partition coefficient (Wildman–Crippen LogP) is 6.39. The van der Waals surface area contributed by atoms with Crippen LogP contribution >= 0.6 is 11.8 Å². The van der Waals surface area contributed by atoms with Crippen molar-refractivity contribution in [2.75, 3.05) is 10.8 Å². The monoisotopic (exact) mass is 380 g/mol. The van der Waals surface area contributed by atoms with E-state index in [9.17, 15) is 0 Å². The molecule has 2 N–H and O–H groups in total. The first-order valence-electron chi connectivity index (χ1n) is 9.64. The maximum atomic E-state index is 6.11. The number of benzene rings is 2. The Balaban J connectivity index is 2.26. The predicted molar refractivity (Wildman–Crippen MR) is 121 cm³/mol. The molecular weight excluding hydrogens is 348 g/mol. The number of hydrogen-bond acceptors (Lipinski definition) is 3. The topological polar surface area (TPSA) is 29.3 Å². The SMILES string of the molecule is CC(C)(C)c1cc(-c2cccc(CN)c2N2C=CSC2)cc(C(C)(C)C)c1. The number of anilines is 1. The van der Waals surface area contributed by atoms with Gasteiger partial charge in [-0.3, -0.25) is 0 Å². The van der Waals surface area contributed by atoms with Crippen LogP contribution in [0.5, 0.6) is 0 Å². The zero-order valence-electron chi connectivity index (χ0n) is 17.5. The maximum absolute atomic E-state index is 6.11. The Morgan fingerprint density at radius 3 is 2.07 bits per heavy atom. The summed E-state index contributed by atoms with van der Waals surface area (Å²) in [6, 6.07) is 13.6. The van der Waals surface area contributed by atoms with Crippen molar-refractivity contribution in [1.82, 2.24) is 0 Å². The van der Waals surface area contributed by atoms with Crippen molar-refractivity contribution in [2.45, 2.75) is 58.9 Å². The maximum Gasteiger partial charge on any atom is 0.0723 e. The van der Waals surface area contributed by atoms with Crippen molar-refractivity contribution in [3.63, 3.8) is 0 Å². The third kappa shape index (κ3) is 4.25. The summed E-state index contributed by atoms with van der Waals surface area (Å²) in [4.78, 5) is 2.32. The zero-order chi connectivity index (χ0) is 19.8. The van der Waals surface area contributed by atoms with Crippen molar-refractivity contribution >= 4 is 17.4 Å². The lowest BCUT2D eigenvalue weighted by Crippen LogP contribution is -2.18. The molecule has 0 aromatic heterocycles. The molecule has 2 nitrogen and oxygen atoms in total. The summed E-state index contributed by atoms with van der Waals surface area (Å²) in [6.45, 7) is 14.3. The van der Waals surface area contributed by atoms with E-state index in [0.717, 1.165) is 5.88 Å². The van der Waals surface area contributed by atoms with Crippen molar-refractivity contribution in [2.24, 2.45) is 5.73 Å². The molecule has 3 rings (SSSR count). The Kier molecular flexibility index (Phi) is 5.47. The van der Waals surface area contributed by atoms with Crippen molar-refractivity contribution in [3.05, 3.63) is 64.7 Å². The third-order valence-electron chi connectivity index (χ3n) is 5.15. The lowest BCUT2D eigenvalue weighted by molar-refractivity contribution is 0.569. The van der Waals surface area contributed by atoms with E-state index in [2.05, 4.69) is 94.4 Å². The normalized spacial score (nSPS) is 14.9. The van der Waals surface area contributed by atoms with Gasteiger partial charge in [0.1, 0.15) is 0 Å². The van der Waals surface area contributed by atoms with E-state index >= 15 is 0 Å². The summed E-state index contributed by atoms with van der Waals surface area (Å²) in [6.07, 6.45) is 2.17. The second kappa shape index (κ2) is 7.37. The molecule has 27 heavy (non-hydrogen) atoms. The zero-order valence-corrected chi connectivity index (χ0v) is 18.3. The Labute approximate surface area is 168 Å². The molecular formula is C24H32N2S. The van der Waals surface area contributed by atoms with Gasteiger partial charge in [0.2, 0.25) is 0 Å². The number of rotatable bonds is 3. The molecule has 2 aromatic carbocycles. The van der Waals surface area contributed by atoms with Gasteiger partial charge >= 0.3 is 0 Å². The van der Waals surface area contributed by atoms with Crippen LogP contribution in [-0.2, 0) is 17.4 Å². The summed E-state index contributed by atoms with van der Waals surface area (Å²) < 4.78 is 0. The Morgan fingerprint density at radius 1 is 0.963 bits per heavy atom. The van der Waals surface area contributed by atoms with Crippen LogP contribution in [0.3, 0.4) is 0 Å². The molecule has 0 unspecified atom stereocenters. The number of nitrogens with two attached hydrogens (primary N) is 1. The molecule has 3 heteroatoms. The number of nitrogens with zero attached hydrogens (tertiary/aromatic N) is 1. The second-order valence-corrected chi connectivity index (χ2v) is 10.2. The molecule has 144 valence electrons. The van der Waals surface area contributed by atoms with Gasteiger partial charge < -0.3 is 10.6 Å². The summed E-state index contributed by atoms with van der Waals surface area (Å²) in [5, 5.41) is 2.16. The van der Waals surface area contributed by atoms with Crippen LogP contribution in [0.1, 0.15) is 58.2 Å². The van der Waals surface area contributed by atoms with Gasteiger partial charge in [0.15, 0.2) is 0 Å². The largest absolute Gasteiger partial charge is 0.337 e. The van der Waals surface area contributed by atoms with Crippen LogP contribution in [0.15, 0.2) is 48.0 Å². The first-order chi connectivity index (χ1) is 12.6. The summed E-state index contributed by atoms with van der Waals surface area (Å²) >= 11 is 1.82. The fourth-order valence-corrected chi connectivity index (χ4v) is 4.09. The minimum Gasteiger partial charge on any atom is -0.337 e. The van der Waals surface area contributed by atoms with Gasteiger partial charge in [-0.1, -0.05) is 77.9 Å². The van der Waals surface area contributed by atoms with Gasteiger partial charge in [-0.25, -0.2) is 0 Å². The standard InChI is InChI=1S/C24H32N2S/c1-23(2,3)19-12-18(13-20(14-19)24(4,5)6)21-9-7-8-17(15-25)22(21)26-10-11-27-16-26/h7-14H,15-16,25H2,1-6H3. The third-order valence-corrected chi connectivity index (χ3v) is 5.89. The number of hydrogen-bond donors (Lipinski definition) is 1. The molecule has 0 radical (unpaired) electrons. The molecule has 2 aromatic rings. The van der Waals surface area contributed by atoms with Gasteiger partial charge in [0, 0.05) is 18.3 Å². The quantitative estimate of drug-likeness (QED) is 0.669. The molecule has 1 aliphatic rings. The van der Waals surface area contributed by atoms with Crippen molar-refractivity contribution < 1.29 is 0 Å². The van der Waals surface area contributed by atoms with Gasteiger partial charge in [0.25, 0.3) is 0 Å². The molecule has 0 aliphatic carbocycles. The summed E-state index contributed by atoms with van der Waals surface area (Å²) in [5.41, 5.74) is 14.0. The van der Waals surface area contributed by atoms with Gasteiger partial charge in [-0.15, -0.1) is 11.8 Å². The van der Waals surface area contributed by atoms with E-state index in [0.29, 0.717) is 6.54 Å². The highest BCUT2D eigenvalue weighted by Gasteiger charge is 2.23. The molecule has 0 saturated heterocycles. The van der Waals surface area contributed by atoms with Crippen LogP contribution in [0.2, 0.25) is 0 Å². The lowest BCUT2D eigenvalue weighted by atomic mass is 9.78. The van der Waals surface area contributed by atoms with Crippen LogP contribution in [-0.4, -0.2) is 5.88 Å². The van der Waals surface area contributed by atoms with Crippen LogP contribution in [0.25, 0.3) is 11.1 Å². The van der Waals surface area contributed by atoms with Gasteiger partial charge in [0.05, 0.1) is 11.6 Å². The number of para-hydroxylation sites is 1. The van der Waals surface area contributed by atoms with E-state index in [1.807, 2.05) is 11.8 Å². The van der Waals surface area contributed by atoms with E-state index in [-0.39, 0.29) is 10.8 Å². The van der Waals surface area contributed by atoms with Crippen LogP contribution in [0, 0.1) is 0 Å². The highest BCUT2D eigenvalue weighted by atomic mass is 32.2.